The zero-order chi connectivity index (χ0) is 15.0. The summed E-state index contributed by atoms with van der Waals surface area (Å²) in [6.45, 7) is 4.59. The van der Waals surface area contributed by atoms with Gasteiger partial charge in [-0.3, -0.25) is 4.79 Å². The van der Waals surface area contributed by atoms with E-state index in [0.717, 1.165) is 22.8 Å². The maximum atomic E-state index is 10.8. The fourth-order valence-corrected chi connectivity index (χ4v) is 2.72. The zero-order valence-corrected chi connectivity index (χ0v) is 12.7. The molecule has 1 aromatic rings. The van der Waals surface area contributed by atoms with Crippen molar-refractivity contribution in [3.63, 3.8) is 0 Å². The number of anilines is 1. The highest BCUT2D eigenvalue weighted by Gasteiger charge is 2.13. The summed E-state index contributed by atoms with van der Waals surface area (Å²) in [7, 11) is 0. The van der Waals surface area contributed by atoms with Gasteiger partial charge in [-0.05, 0) is 23.8 Å². The Labute approximate surface area is 124 Å². The standard InChI is InChI=1S/C15H20N2O2S/c1-3-11(8-15(18)19)10-17-13-6-5-7-14(20-4-2)12(13)9-16/h5-7,11,17H,3-4,8,10H2,1-2H3,(H,18,19). The van der Waals surface area contributed by atoms with Crippen molar-refractivity contribution in [1.82, 2.24) is 0 Å². The van der Waals surface area contributed by atoms with Gasteiger partial charge in [0.1, 0.15) is 6.07 Å². The van der Waals surface area contributed by atoms with Crippen LogP contribution in [0.4, 0.5) is 5.69 Å². The van der Waals surface area contributed by atoms with Crippen LogP contribution in [-0.2, 0) is 4.79 Å². The molecular weight excluding hydrogens is 272 g/mol. The van der Waals surface area contributed by atoms with Gasteiger partial charge in [-0.25, -0.2) is 0 Å². The molecule has 0 amide bonds. The molecule has 1 aromatic carbocycles. The van der Waals surface area contributed by atoms with Gasteiger partial charge in [-0.1, -0.05) is 26.3 Å². The van der Waals surface area contributed by atoms with Crippen LogP contribution in [0.1, 0.15) is 32.3 Å². The predicted molar refractivity (Wildman–Crippen MR) is 82.1 cm³/mol. The molecule has 0 aliphatic rings. The quantitative estimate of drug-likeness (QED) is 0.716. The fourth-order valence-electron chi connectivity index (χ4n) is 1.93. The summed E-state index contributed by atoms with van der Waals surface area (Å²) >= 11 is 1.63. The first kappa shape index (κ1) is 16.4. The molecule has 0 aromatic heterocycles. The molecule has 0 saturated carbocycles. The number of nitrogens with one attached hydrogen (secondary N) is 1. The normalized spacial score (nSPS) is 11.7. The predicted octanol–water partition coefficient (Wildman–Crippen LogP) is 3.58. The van der Waals surface area contributed by atoms with E-state index in [2.05, 4.69) is 11.4 Å². The number of carboxylic acid groups (broad SMARTS) is 1. The minimum atomic E-state index is -0.783. The monoisotopic (exact) mass is 292 g/mol. The number of thioether (sulfide) groups is 1. The summed E-state index contributed by atoms with van der Waals surface area (Å²) in [5.74, 6) is 0.199. The summed E-state index contributed by atoms with van der Waals surface area (Å²) in [5.41, 5.74) is 1.43. The van der Waals surface area contributed by atoms with E-state index in [1.165, 1.54) is 0 Å². The minimum absolute atomic E-state index is 0.0709. The van der Waals surface area contributed by atoms with Gasteiger partial charge in [0.2, 0.25) is 0 Å². The van der Waals surface area contributed by atoms with Gasteiger partial charge in [-0.15, -0.1) is 11.8 Å². The van der Waals surface area contributed by atoms with Gasteiger partial charge in [0.15, 0.2) is 0 Å². The summed E-state index contributed by atoms with van der Waals surface area (Å²) in [5, 5.41) is 21.4. The number of nitriles is 1. The zero-order valence-electron chi connectivity index (χ0n) is 11.8. The molecule has 0 heterocycles. The van der Waals surface area contributed by atoms with Gasteiger partial charge >= 0.3 is 5.97 Å². The van der Waals surface area contributed by atoms with Crippen LogP contribution < -0.4 is 5.32 Å². The Morgan fingerprint density at radius 2 is 2.25 bits per heavy atom. The third-order valence-electron chi connectivity index (χ3n) is 3.06. The second kappa shape index (κ2) is 8.49. The van der Waals surface area contributed by atoms with E-state index >= 15 is 0 Å². The van der Waals surface area contributed by atoms with Gasteiger partial charge in [0.05, 0.1) is 11.3 Å². The van der Waals surface area contributed by atoms with Crippen molar-refractivity contribution in [3.8, 4) is 6.07 Å². The lowest BCUT2D eigenvalue weighted by atomic mass is 10.0. The molecule has 5 heteroatoms. The third kappa shape index (κ3) is 4.78. The van der Waals surface area contributed by atoms with E-state index in [1.54, 1.807) is 11.8 Å². The molecule has 1 atom stereocenters. The van der Waals surface area contributed by atoms with Crippen LogP contribution >= 0.6 is 11.8 Å². The lowest BCUT2D eigenvalue weighted by Gasteiger charge is -2.16. The topological polar surface area (TPSA) is 73.1 Å². The highest BCUT2D eigenvalue weighted by atomic mass is 32.2. The van der Waals surface area contributed by atoms with Crippen LogP contribution in [0.3, 0.4) is 0 Å². The van der Waals surface area contributed by atoms with Crippen LogP contribution in [0, 0.1) is 17.2 Å². The van der Waals surface area contributed by atoms with Crippen molar-refractivity contribution in [2.24, 2.45) is 5.92 Å². The van der Waals surface area contributed by atoms with Gasteiger partial charge in [-0.2, -0.15) is 5.26 Å². The molecule has 108 valence electrons. The molecule has 0 spiro atoms. The maximum Gasteiger partial charge on any atom is 0.303 e. The van der Waals surface area contributed by atoms with E-state index < -0.39 is 5.97 Å². The van der Waals surface area contributed by atoms with Crippen LogP contribution in [0.15, 0.2) is 23.1 Å². The molecule has 1 unspecified atom stereocenters. The first-order chi connectivity index (χ1) is 9.62. The number of nitrogens with zero attached hydrogens (tertiary/aromatic N) is 1. The Morgan fingerprint density at radius 3 is 2.80 bits per heavy atom. The van der Waals surface area contributed by atoms with E-state index in [1.807, 2.05) is 32.0 Å². The van der Waals surface area contributed by atoms with Crippen molar-refractivity contribution in [1.29, 1.82) is 5.26 Å². The maximum absolute atomic E-state index is 10.8. The molecule has 0 saturated heterocycles. The Kier molecular flexibility index (Phi) is 6.96. The first-order valence-corrected chi connectivity index (χ1v) is 7.72. The lowest BCUT2D eigenvalue weighted by Crippen LogP contribution is -2.17. The average Bonchev–Trinajstić information content (AvgIpc) is 2.43. The minimum Gasteiger partial charge on any atom is -0.481 e. The highest BCUT2D eigenvalue weighted by molar-refractivity contribution is 7.99. The van der Waals surface area contributed by atoms with E-state index in [9.17, 15) is 10.1 Å². The molecule has 4 nitrogen and oxygen atoms in total. The number of hydrogen-bond acceptors (Lipinski definition) is 4. The van der Waals surface area contributed by atoms with Crippen molar-refractivity contribution >= 4 is 23.4 Å². The van der Waals surface area contributed by atoms with Crippen molar-refractivity contribution in [2.45, 2.75) is 31.6 Å². The van der Waals surface area contributed by atoms with Crippen LogP contribution in [-0.4, -0.2) is 23.4 Å². The first-order valence-electron chi connectivity index (χ1n) is 6.73. The molecule has 2 N–H and O–H groups in total. The number of carboxylic acids is 1. The van der Waals surface area contributed by atoms with Crippen molar-refractivity contribution in [3.05, 3.63) is 23.8 Å². The van der Waals surface area contributed by atoms with Gasteiger partial charge in [0.25, 0.3) is 0 Å². The molecule has 0 fully saturated rings. The molecule has 0 bridgehead atoms. The van der Waals surface area contributed by atoms with Crippen LogP contribution in [0.2, 0.25) is 0 Å². The van der Waals surface area contributed by atoms with Gasteiger partial charge < -0.3 is 10.4 Å². The Morgan fingerprint density at radius 1 is 1.50 bits per heavy atom. The number of hydrogen-bond donors (Lipinski definition) is 2. The Balaban J connectivity index is 2.79. The fraction of sp³-hybridized carbons (Fsp3) is 0.467. The number of aliphatic carboxylic acids is 1. The Hall–Kier alpha value is -1.67. The summed E-state index contributed by atoms with van der Waals surface area (Å²) < 4.78 is 0. The largest absolute Gasteiger partial charge is 0.481 e. The summed E-state index contributed by atoms with van der Waals surface area (Å²) in [4.78, 5) is 11.7. The van der Waals surface area contributed by atoms with Crippen LogP contribution in [0.5, 0.6) is 0 Å². The van der Waals surface area contributed by atoms with Crippen molar-refractivity contribution in [2.75, 3.05) is 17.6 Å². The molecule has 0 aliphatic heterocycles. The second-order valence-electron chi connectivity index (χ2n) is 4.48. The molecular formula is C15H20N2O2S. The highest BCUT2D eigenvalue weighted by Crippen LogP contribution is 2.28. The molecule has 1 rings (SSSR count). The number of carbonyl (C=O) groups is 1. The van der Waals surface area contributed by atoms with Gasteiger partial charge in [0, 0.05) is 17.9 Å². The second-order valence-corrected chi connectivity index (χ2v) is 5.78. The van der Waals surface area contributed by atoms with Crippen LogP contribution in [0.25, 0.3) is 0 Å². The Bertz CT molecular complexity index is 497. The van der Waals surface area contributed by atoms with E-state index in [4.69, 9.17) is 5.11 Å². The summed E-state index contributed by atoms with van der Waals surface area (Å²) in [6, 6.07) is 7.95. The number of benzene rings is 1. The molecule has 0 radical (unpaired) electrons. The average molecular weight is 292 g/mol. The summed E-state index contributed by atoms with van der Waals surface area (Å²) in [6.07, 6.45) is 0.944. The molecule has 0 aliphatic carbocycles. The molecule has 20 heavy (non-hydrogen) atoms. The lowest BCUT2D eigenvalue weighted by molar-refractivity contribution is -0.138. The smallest absolute Gasteiger partial charge is 0.303 e. The van der Waals surface area contributed by atoms with Crippen molar-refractivity contribution < 1.29 is 9.90 Å². The third-order valence-corrected chi connectivity index (χ3v) is 4.00. The SMILES string of the molecule is CCSc1cccc(NCC(CC)CC(=O)O)c1C#N. The van der Waals surface area contributed by atoms with E-state index in [0.29, 0.717) is 12.1 Å². The van der Waals surface area contributed by atoms with E-state index in [-0.39, 0.29) is 12.3 Å². The number of rotatable bonds is 8.